The third-order valence-corrected chi connectivity index (χ3v) is 3.87. The van der Waals surface area contributed by atoms with E-state index in [4.69, 9.17) is 0 Å². The van der Waals surface area contributed by atoms with Crippen LogP contribution in [0.25, 0.3) is 0 Å². The number of halogens is 1. The molecule has 1 unspecified atom stereocenters. The second-order valence-electron chi connectivity index (χ2n) is 5.22. The van der Waals surface area contributed by atoms with Gasteiger partial charge in [0.25, 0.3) is 5.69 Å². The molecule has 0 bridgehead atoms. The van der Waals surface area contributed by atoms with Gasteiger partial charge >= 0.3 is 0 Å². The third kappa shape index (κ3) is 4.80. The molecule has 1 atom stereocenters. The van der Waals surface area contributed by atoms with Crippen molar-refractivity contribution in [2.75, 3.05) is 0 Å². The Morgan fingerprint density at radius 2 is 2.10 bits per heavy atom. The van der Waals surface area contributed by atoms with Crippen molar-refractivity contribution in [3.63, 3.8) is 0 Å². The molecule has 5 nitrogen and oxygen atoms in total. The average molecular weight is 300 g/mol. The Bertz CT molecular complexity index is 553. The van der Waals surface area contributed by atoms with Gasteiger partial charge in [0.2, 0.25) is 0 Å². The molecule has 1 aromatic rings. The molecule has 0 aliphatic carbocycles. The van der Waals surface area contributed by atoms with Gasteiger partial charge < -0.3 is 0 Å². The zero-order chi connectivity index (χ0) is 15.3. The van der Waals surface area contributed by atoms with E-state index in [2.05, 4.69) is 4.40 Å². The predicted octanol–water partition coefficient (Wildman–Crippen LogP) is 3.20. The molecule has 110 valence electrons. The van der Waals surface area contributed by atoms with Crippen molar-refractivity contribution in [3.8, 4) is 0 Å². The highest BCUT2D eigenvalue weighted by Gasteiger charge is 2.18. The second kappa shape index (κ2) is 6.69. The van der Waals surface area contributed by atoms with E-state index < -0.39 is 26.5 Å². The number of nitro benzene ring substituents is 1. The number of nitro groups is 1. The Balaban J connectivity index is 2.67. The normalized spacial score (nSPS) is 13.6. The molecule has 0 saturated heterocycles. The van der Waals surface area contributed by atoms with Crippen LogP contribution in [0.4, 0.5) is 10.1 Å². The van der Waals surface area contributed by atoms with Gasteiger partial charge in [-0.1, -0.05) is 0 Å². The summed E-state index contributed by atoms with van der Waals surface area (Å²) in [6, 6.07) is 3.42. The van der Waals surface area contributed by atoms with E-state index in [0.29, 0.717) is 6.42 Å². The highest BCUT2D eigenvalue weighted by atomic mass is 32.2. The van der Waals surface area contributed by atoms with E-state index in [1.165, 1.54) is 12.3 Å². The summed E-state index contributed by atoms with van der Waals surface area (Å²) >= 11 is 0. The molecule has 7 heteroatoms. The van der Waals surface area contributed by atoms with Crippen LogP contribution in [-0.2, 0) is 17.4 Å². The number of non-ortho nitro benzene ring substituents is 1. The van der Waals surface area contributed by atoms with E-state index >= 15 is 0 Å². The first-order chi connectivity index (χ1) is 9.21. The number of rotatable bonds is 5. The van der Waals surface area contributed by atoms with Gasteiger partial charge in [-0.05, 0) is 45.2 Å². The third-order valence-electron chi connectivity index (χ3n) is 2.48. The highest BCUT2D eigenvalue weighted by Crippen LogP contribution is 2.18. The standard InChI is InChI=1S/C13H17FN2O3S/c1-13(2,3)20(19)15-8-4-5-10-9-11(16(17)18)6-7-12(10)14/h6-9H,4-5H2,1-3H3. The Kier molecular flexibility index (Phi) is 5.50. The SMILES string of the molecule is CC(C)(C)S(=O)N=CCCc1cc([N+](=O)[O-])ccc1F. The minimum absolute atomic E-state index is 0.142. The van der Waals surface area contributed by atoms with Gasteiger partial charge in [-0.3, -0.25) is 10.1 Å². The van der Waals surface area contributed by atoms with Gasteiger partial charge in [-0.15, -0.1) is 0 Å². The fraction of sp³-hybridized carbons (Fsp3) is 0.462. The van der Waals surface area contributed by atoms with Gasteiger partial charge in [0.05, 0.1) is 9.67 Å². The molecule has 0 amide bonds. The molecule has 1 rings (SSSR count). The van der Waals surface area contributed by atoms with Crippen molar-refractivity contribution in [2.24, 2.45) is 4.40 Å². The largest absolute Gasteiger partial charge is 0.269 e. The molecule has 0 aliphatic heterocycles. The maximum Gasteiger partial charge on any atom is 0.269 e. The molecule has 0 aromatic heterocycles. The van der Waals surface area contributed by atoms with Gasteiger partial charge in [0, 0.05) is 18.3 Å². The molecule has 0 radical (unpaired) electrons. The lowest BCUT2D eigenvalue weighted by Gasteiger charge is -2.12. The van der Waals surface area contributed by atoms with Gasteiger partial charge in [-0.2, -0.15) is 4.40 Å². The Morgan fingerprint density at radius 1 is 1.45 bits per heavy atom. The Labute approximate surface area is 119 Å². The van der Waals surface area contributed by atoms with Crippen molar-refractivity contribution < 1.29 is 13.5 Å². The molecule has 1 aromatic carbocycles. The van der Waals surface area contributed by atoms with E-state index in [1.807, 2.05) is 0 Å². The van der Waals surface area contributed by atoms with Gasteiger partial charge in [0.1, 0.15) is 16.8 Å². The topological polar surface area (TPSA) is 72.6 Å². The van der Waals surface area contributed by atoms with Crippen molar-refractivity contribution in [1.29, 1.82) is 0 Å². The van der Waals surface area contributed by atoms with Crippen LogP contribution in [0.5, 0.6) is 0 Å². The van der Waals surface area contributed by atoms with Crippen molar-refractivity contribution in [1.82, 2.24) is 0 Å². The Hall–Kier alpha value is -1.63. The van der Waals surface area contributed by atoms with E-state index in [1.54, 1.807) is 20.8 Å². The summed E-state index contributed by atoms with van der Waals surface area (Å²) in [4.78, 5) is 10.0. The summed E-state index contributed by atoms with van der Waals surface area (Å²) in [5.74, 6) is -0.485. The first kappa shape index (κ1) is 16.4. The van der Waals surface area contributed by atoms with Crippen molar-refractivity contribution in [3.05, 3.63) is 39.7 Å². The molecule has 0 fully saturated rings. The molecule has 0 spiro atoms. The van der Waals surface area contributed by atoms with Crippen LogP contribution < -0.4 is 0 Å². The molecule has 0 aliphatic rings. The average Bonchev–Trinajstić information content (AvgIpc) is 2.34. The monoisotopic (exact) mass is 300 g/mol. The van der Waals surface area contributed by atoms with E-state index in [0.717, 1.165) is 12.1 Å². The number of benzene rings is 1. The molecule has 0 N–H and O–H groups in total. The predicted molar refractivity (Wildman–Crippen MR) is 77.8 cm³/mol. The maximum atomic E-state index is 13.5. The van der Waals surface area contributed by atoms with Crippen LogP contribution in [0.3, 0.4) is 0 Å². The minimum atomic E-state index is -1.34. The fourth-order valence-electron chi connectivity index (χ4n) is 1.36. The summed E-state index contributed by atoms with van der Waals surface area (Å²) < 4.78 is 28.6. The lowest BCUT2D eigenvalue weighted by Crippen LogP contribution is -2.19. The smallest absolute Gasteiger partial charge is 0.258 e. The van der Waals surface area contributed by atoms with Crippen LogP contribution in [0.2, 0.25) is 0 Å². The Morgan fingerprint density at radius 3 is 2.65 bits per heavy atom. The number of nitrogens with zero attached hydrogens (tertiary/aromatic N) is 2. The zero-order valence-electron chi connectivity index (χ0n) is 11.6. The molecule has 0 heterocycles. The van der Waals surface area contributed by atoms with Crippen molar-refractivity contribution >= 4 is 22.9 Å². The molecule has 0 saturated carbocycles. The second-order valence-corrected chi connectivity index (χ2v) is 7.15. The first-order valence-electron chi connectivity index (χ1n) is 6.09. The summed E-state index contributed by atoms with van der Waals surface area (Å²) in [6.45, 7) is 5.42. The quantitative estimate of drug-likeness (QED) is 0.476. The van der Waals surface area contributed by atoms with Crippen LogP contribution >= 0.6 is 0 Å². The molecular formula is C13H17FN2O3S. The van der Waals surface area contributed by atoms with E-state index in [-0.39, 0.29) is 17.7 Å². The zero-order valence-corrected chi connectivity index (χ0v) is 12.4. The molecule has 20 heavy (non-hydrogen) atoms. The lowest BCUT2D eigenvalue weighted by atomic mass is 10.1. The van der Waals surface area contributed by atoms with Crippen molar-refractivity contribution in [2.45, 2.75) is 38.4 Å². The molecular weight excluding hydrogens is 283 g/mol. The van der Waals surface area contributed by atoms with Gasteiger partial charge in [-0.25, -0.2) is 8.60 Å². The lowest BCUT2D eigenvalue weighted by molar-refractivity contribution is -0.385. The summed E-state index contributed by atoms with van der Waals surface area (Å²) in [7, 11) is -1.34. The summed E-state index contributed by atoms with van der Waals surface area (Å²) in [5.41, 5.74) is 0.115. The summed E-state index contributed by atoms with van der Waals surface area (Å²) in [6.07, 6.45) is 2.12. The summed E-state index contributed by atoms with van der Waals surface area (Å²) in [5, 5.41) is 10.6. The van der Waals surface area contributed by atoms with E-state index in [9.17, 15) is 18.7 Å². The number of hydrogen-bond acceptors (Lipinski definition) is 3. The van der Waals surface area contributed by atoms with Crippen LogP contribution in [0, 0.1) is 15.9 Å². The number of aryl methyl sites for hydroxylation is 1. The van der Waals surface area contributed by atoms with Crippen LogP contribution in [0.15, 0.2) is 22.6 Å². The minimum Gasteiger partial charge on any atom is -0.258 e. The van der Waals surface area contributed by atoms with Gasteiger partial charge in [0.15, 0.2) is 0 Å². The maximum absolute atomic E-state index is 13.5. The first-order valence-corrected chi connectivity index (χ1v) is 7.20. The van der Waals surface area contributed by atoms with Crippen LogP contribution in [-0.4, -0.2) is 20.1 Å². The number of hydrogen-bond donors (Lipinski definition) is 0. The van der Waals surface area contributed by atoms with Crippen LogP contribution in [0.1, 0.15) is 32.8 Å². The fourth-order valence-corrected chi connectivity index (χ4v) is 1.92. The highest BCUT2D eigenvalue weighted by molar-refractivity contribution is 7.85.